The second-order valence-corrected chi connectivity index (χ2v) is 8.02. The normalized spacial score (nSPS) is 30.4. The maximum absolute atomic E-state index is 12.6. The molecule has 0 radical (unpaired) electrons. The first-order chi connectivity index (χ1) is 9.34. The highest BCUT2D eigenvalue weighted by molar-refractivity contribution is 7.86. The molecule has 2 aliphatic carbocycles. The topological polar surface area (TPSA) is 87.2 Å². The van der Waals surface area contributed by atoms with Crippen molar-refractivity contribution in [1.82, 2.24) is 8.61 Å². The van der Waals surface area contributed by atoms with Crippen LogP contribution in [0, 0.1) is 0 Å². The summed E-state index contributed by atoms with van der Waals surface area (Å²) in [5.74, 6) is -1.09. The summed E-state index contributed by atoms with van der Waals surface area (Å²) < 4.78 is 33.4. The van der Waals surface area contributed by atoms with E-state index in [1.807, 2.05) is 0 Å². The highest BCUT2D eigenvalue weighted by Gasteiger charge is 2.51. The zero-order valence-electron chi connectivity index (χ0n) is 11.5. The van der Waals surface area contributed by atoms with Gasteiger partial charge in [-0.05, 0) is 32.1 Å². The molecule has 1 unspecified atom stereocenters. The summed E-state index contributed by atoms with van der Waals surface area (Å²) in [6, 6.07) is 0.0727. The fourth-order valence-electron chi connectivity index (χ4n) is 2.91. The zero-order chi connectivity index (χ0) is 14.5. The number of nitrogens with zero attached hydrogens (tertiary/aromatic N) is 2. The molecule has 0 aromatic rings. The van der Waals surface area contributed by atoms with Crippen molar-refractivity contribution in [3.05, 3.63) is 0 Å². The predicted molar refractivity (Wildman–Crippen MR) is 70.4 cm³/mol. The molecule has 114 valence electrons. The Morgan fingerprint density at radius 1 is 1.40 bits per heavy atom. The Kier molecular flexibility index (Phi) is 3.32. The minimum Gasteiger partial charge on any atom is -0.479 e. The highest BCUT2D eigenvalue weighted by atomic mass is 32.2. The first-order valence-corrected chi connectivity index (χ1v) is 8.37. The second-order valence-electron chi connectivity index (χ2n) is 6.03. The summed E-state index contributed by atoms with van der Waals surface area (Å²) in [4.78, 5) is 11.2. The Bertz CT molecular complexity index is 512. The number of rotatable bonds is 4. The van der Waals surface area contributed by atoms with Crippen LogP contribution in [0.2, 0.25) is 0 Å². The van der Waals surface area contributed by atoms with Crippen molar-refractivity contribution in [3.63, 3.8) is 0 Å². The van der Waals surface area contributed by atoms with E-state index in [1.165, 1.54) is 8.61 Å². The van der Waals surface area contributed by atoms with Gasteiger partial charge in [-0.3, -0.25) is 0 Å². The van der Waals surface area contributed by atoms with E-state index in [9.17, 15) is 18.3 Å². The molecule has 20 heavy (non-hydrogen) atoms. The van der Waals surface area contributed by atoms with E-state index in [1.54, 1.807) is 7.05 Å². The first-order valence-electron chi connectivity index (χ1n) is 6.98. The molecule has 0 aromatic heterocycles. The van der Waals surface area contributed by atoms with Crippen LogP contribution in [-0.4, -0.2) is 66.0 Å². The number of hydrogen-bond donors (Lipinski definition) is 1. The summed E-state index contributed by atoms with van der Waals surface area (Å²) in [7, 11) is -2.01. The van der Waals surface area contributed by atoms with Gasteiger partial charge in [0, 0.05) is 19.6 Å². The molecule has 8 heteroatoms. The van der Waals surface area contributed by atoms with Gasteiger partial charge in [-0.2, -0.15) is 17.0 Å². The van der Waals surface area contributed by atoms with E-state index >= 15 is 0 Å². The number of morpholine rings is 1. The molecule has 2 saturated carbocycles. The largest absolute Gasteiger partial charge is 0.479 e. The molecule has 0 aromatic carbocycles. The quantitative estimate of drug-likeness (QED) is 0.792. The molecule has 1 N–H and O–H groups in total. The van der Waals surface area contributed by atoms with Gasteiger partial charge in [0.2, 0.25) is 0 Å². The lowest BCUT2D eigenvalue weighted by molar-refractivity contribution is -0.196. The van der Waals surface area contributed by atoms with Crippen LogP contribution in [0.1, 0.15) is 32.1 Å². The van der Waals surface area contributed by atoms with Gasteiger partial charge >= 0.3 is 5.97 Å². The molecule has 7 nitrogen and oxygen atoms in total. The maximum atomic E-state index is 12.6. The Morgan fingerprint density at radius 2 is 2.05 bits per heavy atom. The number of ether oxygens (including phenoxy) is 1. The molecular weight excluding hydrogens is 284 g/mol. The van der Waals surface area contributed by atoms with Crippen molar-refractivity contribution in [2.45, 2.75) is 49.9 Å². The molecule has 3 aliphatic rings. The summed E-state index contributed by atoms with van der Waals surface area (Å²) in [5, 5.41) is 9.17. The lowest BCUT2D eigenvalue weighted by atomic mass is 9.79. The lowest BCUT2D eigenvalue weighted by Gasteiger charge is -2.50. The SMILES string of the molecule is CN(C1CC1)S(=O)(=O)N1CC(C(=O)O)OC2(CCC2)C1. The fraction of sp³-hybridized carbons (Fsp3) is 0.917. The van der Waals surface area contributed by atoms with E-state index < -0.39 is 27.9 Å². The predicted octanol–water partition coefficient (Wildman–Crippen LogP) is 0.0335. The molecule has 1 spiro atoms. The molecular formula is C12H20N2O5S. The van der Waals surface area contributed by atoms with Crippen LogP contribution in [0.3, 0.4) is 0 Å². The van der Waals surface area contributed by atoms with E-state index in [0.717, 1.165) is 32.1 Å². The van der Waals surface area contributed by atoms with E-state index in [0.29, 0.717) is 0 Å². The van der Waals surface area contributed by atoms with Crippen LogP contribution in [0.5, 0.6) is 0 Å². The van der Waals surface area contributed by atoms with Gasteiger partial charge in [-0.25, -0.2) is 4.79 Å². The van der Waals surface area contributed by atoms with E-state index in [4.69, 9.17) is 4.74 Å². The van der Waals surface area contributed by atoms with Crippen LogP contribution in [0.25, 0.3) is 0 Å². The molecule has 3 fully saturated rings. The van der Waals surface area contributed by atoms with Crippen LogP contribution in [-0.2, 0) is 19.7 Å². The Labute approximate surface area is 118 Å². The van der Waals surface area contributed by atoms with Crippen LogP contribution < -0.4 is 0 Å². The zero-order valence-corrected chi connectivity index (χ0v) is 12.3. The van der Waals surface area contributed by atoms with Crippen molar-refractivity contribution < 1.29 is 23.1 Å². The number of aliphatic carboxylic acids is 1. The third-order valence-corrected chi connectivity index (χ3v) is 6.47. The van der Waals surface area contributed by atoms with Crippen molar-refractivity contribution in [3.8, 4) is 0 Å². The molecule has 0 amide bonds. The minimum absolute atomic E-state index is 0.0727. The third kappa shape index (κ3) is 2.34. The number of hydrogen-bond acceptors (Lipinski definition) is 4. The minimum atomic E-state index is -3.59. The molecule has 3 rings (SSSR count). The maximum Gasteiger partial charge on any atom is 0.334 e. The number of carboxylic acid groups (broad SMARTS) is 1. The monoisotopic (exact) mass is 304 g/mol. The third-order valence-electron chi connectivity index (χ3n) is 4.52. The molecule has 0 bridgehead atoms. The Hall–Kier alpha value is -0.700. The lowest BCUT2D eigenvalue weighted by Crippen LogP contribution is -2.63. The van der Waals surface area contributed by atoms with Crippen LogP contribution in [0.4, 0.5) is 0 Å². The average molecular weight is 304 g/mol. The van der Waals surface area contributed by atoms with Gasteiger partial charge in [-0.1, -0.05) is 0 Å². The smallest absolute Gasteiger partial charge is 0.334 e. The van der Waals surface area contributed by atoms with Crippen LogP contribution in [0.15, 0.2) is 0 Å². The summed E-state index contributed by atoms with van der Waals surface area (Å²) in [6.07, 6.45) is 3.12. The van der Waals surface area contributed by atoms with Crippen LogP contribution >= 0.6 is 0 Å². The summed E-state index contributed by atoms with van der Waals surface area (Å²) in [5.41, 5.74) is -0.585. The molecule has 1 aliphatic heterocycles. The average Bonchev–Trinajstić information content (AvgIpc) is 3.19. The first kappa shape index (κ1) is 14.2. The van der Waals surface area contributed by atoms with Gasteiger partial charge in [0.15, 0.2) is 6.10 Å². The number of carbonyl (C=O) groups is 1. The van der Waals surface area contributed by atoms with E-state index in [-0.39, 0.29) is 19.1 Å². The highest BCUT2D eigenvalue weighted by Crippen LogP contribution is 2.41. The summed E-state index contributed by atoms with van der Waals surface area (Å²) >= 11 is 0. The molecule has 1 heterocycles. The van der Waals surface area contributed by atoms with Gasteiger partial charge < -0.3 is 9.84 Å². The van der Waals surface area contributed by atoms with Gasteiger partial charge in [0.25, 0.3) is 10.2 Å². The van der Waals surface area contributed by atoms with E-state index in [2.05, 4.69) is 0 Å². The Morgan fingerprint density at radius 3 is 2.50 bits per heavy atom. The summed E-state index contributed by atoms with van der Waals surface area (Å²) in [6.45, 7) is 0.173. The van der Waals surface area contributed by atoms with Gasteiger partial charge in [0.1, 0.15) is 0 Å². The van der Waals surface area contributed by atoms with Crippen molar-refractivity contribution in [2.24, 2.45) is 0 Å². The van der Waals surface area contributed by atoms with Crippen molar-refractivity contribution in [2.75, 3.05) is 20.1 Å². The molecule has 1 saturated heterocycles. The number of carboxylic acids is 1. The van der Waals surface area contributed by atoms with Gasteiger partial charge in [0.05, 0.1) is 12.1 Å². The van der Waals surface area contributed by atoms with Crippen molar-refractivity contribution >= 4 is 16.2 Å². The van der Waals surface area contributed by atoms with Gasteiger partial charge in [-0.15, -0.1) is 0 Å². The molecule has 1 atom stereocenters. The Balaban J connectivity index is 1.82. The van der Waals surface area contributed by atoms with Crippen molar-refractivity contribution in [1.29, 1.82) is 0 Å². The standard InChI is InChI=1S/C12H20N2O5S/c1-13(9-3-4-9)20(17,18)14-7-10(11(15)16)19-12(8-14)5-2-6-12/h9-10H,2-8H2,1H3,(H,15,16). The fourth-order valence-corrected chi connectivity index (χ4v) is 4.58. The second kappa shape index (κ2) is 4.66.